The van der Waals surface area contributed by atoms with Crippen molar-refractivity contribution in [2.75, 3.05) is 6.54 Å². The van der Waals surface area contributed by atoms with Gasteiger partial charge in [0.05, 0.1) is 18.1 Å². The van der Waals surface area contributed by atoms with Gasteiger partial charge in [0.2, 0.25) is 11.8 Å². The molecule has 17 heavy (non-hydrogen) atoms. The van der Waals surface area contributed by atoms with E-state index in [2.05, 4.69) is 5.32 Å². The lowest BCUT2D eigenvalue weighted by molar-refractivity contribution is -0.120. The lowest BCUT2D eigenvalue weighted by Gasteiger charge is -2.03. The third-order valence-corrected chi connectivity index (χ3v) is 2.14. The smallest absolute Gasteiger partial charge is 0.224 e. The summed E-state index contributed by atoms with van der Waals surface area (Å²) in [7, 11) is 0. The number of hydrogen-bond donors (Lipinski definition) is 2. The molecule has 2 amide bonds. The number of benzene rings is 1. The molecule has 88 valence electrons. The topological polar surface area (TPSA) is 96.0 Å². The summed E-state index contributed by atoms with van der Waals surface area (Å²) in [6, 6.07) is 8.78. The van der Waals surface area contributed by atoms with E-state index in [4.69, 9.17) is 11.0 Å². The molecule has 1 rings (SSSR count). The normalized spacial score (nSPS) is 9.35. The molecule has 0 heterocycles. The predicted molar refractivity (Wildman–Crippen MR) is 61.7 cm³/mol. The summed E-state index contributed by atoms with van der Waals surface area (Å²) >= 11 is 0. The number of rotatable bonds is 5. The van der Waals surface area contributed by atoms with Crippen LogP contribution in [0.3, 0.4) is 0 Å². The van der Waals surface area contributed by atoms with E-state index in [1.54, 1.807) is 24.3 Å². The van der Waals surface area contributed by atoms with Crippen molar-refractivity contribution in [1.29, 1.82) is 5.26 Å². The van der Waals surface area contributed by atoms with Gasteiger partial charge in [-0.15, -0.1) is 0 Å². The first kappa shape index (κ1) is 12.7. The molecule has 0 radical (unpaired) electrons. The number of nitrogens with two attached hydrogens (primary N) is 1. The Kier molecular flexibility index (Phi) is 4.70. The van der Waals surface area contributed by atoms with Gasteiger partial charge in [-0.3, -0.25) is 9.59 Å². The number of hydrogen-bond acceptors (Lipinski definition) is 3. The Labute approximate surface area is 99.2 Å². The van der Waals surface area contributed by atoms with E-state index >= 15 is 0 Å². The highest BCUT2D eigenvalue weighted by molar-refractivity contribution is 5.79. The lowest BCUT2D eigenvalue weighted by Crippen LogP contribution is -2.29. The highest BCUT2D eigenvalue weighted by atomic mass is 16.2. The molecule has 0 spiro atoms. The average molecular weight is 231 g/mol. The second kappa shape index (κ2) is 6.28. The zero-order valence-corrected chi connectivity index (χ0v) is 9.27. The Morgan fingerprint density at radius 1 is 1.29 bits per heavy atom. The Hall–Kier alpha value is -2.35. The van der Waals surface area contributed by atoms with Gasteiger partial charge in [-0.25, -0.2) is 0 Å². The maximum atomic E-state index is 11.4. The third-order valence-electron chi connectivity index (χ3n) is 2.14. The van der Waals surface area contributed by atoms with Crippen LogP contribution in [-0.4, -0.2) is 18.4 Å². The third kappa shape index (κ3) is 4.80. The van der Waals surface area contributed by atoms with Gasteiger partial charge in [0, 0.05) is 13.0 Å². The van der Waals surface area contributed by atoms with Gasteiger partial charge in [-0.1, -0.05) is 12.1 Å². The first-order valence-electron chi connectivity index (χ1n) is 5.16. The molecule has 5 nitrogen and oxygen atoms in total. The Morgan fingerprint density at radius 2 is 1.94 bits per heavy atom. The Morgan fingerprint density at radius 3 is 2.47 bits per heavy atom. The average Bonchev–Trinajstić information content (AvgIpc) is 2.29. The van der Waals surface area contributed by atoms with Crippen molar-refractivity contribution in [3.05, 3.63) is 35.4 Å². The Balaban J connectivity index is 2.40. The maximum Gasteiger partial charge on any atom is 0.224 e. The molecule has 0 aliphatic rings. The van der Waals surface area contributed by atoms with Crippen LogP contribution in [0.15, 0.2) is 24.3 Å². The number of nitriles is 1. The Bertz CT molecular complexity index is 446. The molecule has 1 aromatic carbocycles. The molecular formula is C12H13N3O2. The monoisotopic (exact) mass is 231 g/mol. The minimum absolute atomic E-state index is 0.138. The largest absolute Gasteiger partial charge is 0.370 e. The van der Waals surface area contributed by atoms with Crippen LogP contribution in [0.2, 0.25) is 0 Å². The molecule has 0 bridgehead atoms. The molecule has 0 atom stereocenters. The summed E-state index contributed by atoms with van der Waals surface area (Å²) in [4.78, 5) is 21.9. The second-order valence-corrected chi connectivity index (χ2v) is 3.55. The second-order valence-electron chi connectivity index (χ2n) is 3.55. The minimum Gasteiger partial charge on any atom is -0.370 e. The van der Waals surface area contributed by atoms with Crippen LogP contribution >= 0.6 is 0 Å². The molecule has 0 aliphatic heterocycles. The molecule has 0 fully saturated rings. The SMILES string of the molecule is N#Cc1ccc(CC(=O)NCCC(N)=O)cc1. The van der Waals surface area contributed by atoms with Crippen molar-refractivity contribution in [3.8, 4) is 6.07 Å². The van der Waals surface area contributed by atoms with Gasteiger partial charge in [-0.05, 0) is 17.7 Å². The van der Waals surface area contributed by atoms with Gasteiger partial charge in [0.25, 0.3) is 0 Å². The molecule has 0 unspecified atom stereocenters. The van der Waals surface area contributed by atoms with Gasteiger partial charge < -0.3 is 11.1 Å². The minimum atomic E-state index is -0.441. The van der Waals surface area contributed by atoms with Gasteiger partial charge >= 0.3 is 0 Å². The van der Waals surface area contributed by atoms with Gasteiger partial charge in [0.15, 0.2) is 0 Å². The van der Waals surface area contributed by atoms with E-state index in [9.17, 15) is 9.59 Å². The number of amides is 2. The van der Waals surface area contributed by atoms with Crippen LogP contribution in [0, 0.1) is 11.3 Å². The van der Waals surface area contributed by atoms with E-state index in [1.807, 2.05) is 6.07 Å². The molecule has 0 aliphatic carbocycles. The van der Waals surface area contributed by atoms with Gasteiger partial charge in [-0.2, -0.15) is 5.26 Å². The van der Waals surface area contributed by atoms with E-state index in [0.717, 1.165) is 5.56 Å². The summed E-state index contributed by atoms with van der Waals surface area (Å²) in [5.41, 5.74) is 6.32. The van der Waals surface area contributed by atoms with E-state index in [-0.39, 0.29) is 25.3 Å². The first-order valence-corrected chi connectivity index (χ1v) is 5.16. The number of nitrogens with zero attached hydrogens (tertiary/aromatic N) is 1. The van der Waals surface area contributed by atoms with Crippen molar-refractivity contribution in [3.63, 3.8) is 0 Å². The summed E-state index contributed by atoms with van der Waals surface area (Å²) in [6.45, 7) is 0.254. The van der Waals surface area contributed by atoms with Gasteiger partial charge in [0.1, 0.15) is 0 Å². The fraction of sp³-hybridized carbons (Fsp3) is 0.250. The van der Waals surface area contributed by atoms with E-state index in [0.29, 0.717) is 5.56 Å². The number of carbonyl (C=O) groups excluding carboxylic acids is 2. The molecule has 3 N–H and O–H groups in total. The zero-order valence-electron chi connectivity index (χ0n) is 9.27. The van der Waals surface area contributed by atoms with Crippen molar-refractivity contribution < 1.29 is 9.59 Å². The quantitative estimate of drug-likeness (QED) is 0.751. The predicted octanol–water partition coefficient (Wildman–Crippen LogP) is 0.0924. The fourth-order valence-corrected chi connectivity index (χ4v) is 1.27. The summed E-state index contributed by atoms with van der Waals surface area (Å²) in [6.07, 6.45) is 0.365. The first-order chi connectivity index (χ1) is 8.11. The standard InChI is InChI=1S/C12H13N3O2/c13-8-10-3-1-9(2-4-10)7-12(17)15-6-5-11(14)16/h1-4H,5-7H2,(H2,14,16)(H,15,17). The van der Waals surface area contributed by atoms with Crippen LogP contribution in [0.4, 0.5) is 0 Å². The van der Waals surface area contributed by atoms with E-state index in [1.165, 1.54) is 0 Å². The van der Waals surface area contributed by atoms with Crippen molar-refractivity contribution in [2.24, 2.45) is 5.73 Å². The summed E-state index contributed by atoms with van der Waals surface area (Å²) in [5, 5.41) is 11.2. The molecule has 0 aromatic heterocycles. The molecule has 1 aromatic rings. The van der Waals surface area contributed by atoms with Crippen molar-refractivity contribution >= 4 is 11.8 Å². The maximum absolute atomic E-state index is 11.4. The van der Waals surface area contributed by atoms with Crippen LogP contribution in [0.25, 0.3) is 0 Å². The number of nitrogens with one attached hydrogen (secondary N) is 1. The molecule has 5 heteroatoms. The molecule has 0 saturated carbocycles. The van der Waals surface area contributed by atoms with Crippen LogP contribution in [0.1, 0.15) is 17.5 Å². The highest BCUT2D eigenvalue weighted by Gasteiger charge is 2.03. The van der Waals surface area contributed by atoms with Crippen molar-refractivity contribution in [2.45, 2.75) is 12.8 Å². The summed E-state index contributed by atoms with van der Waals surface area (Å²) in [5.74, 6) is -0.611. The number of primary amides is 1. The molecular weight excluding hydrogens is 218 g/mol. The highest BCUT2D eigenvalue weighted by Crippen LogP contribution is 2.03. The van der Waals surface area contributed by atoms with Crippen LogP contribution in [0.5, 0.6) is 0 Å². The lowest BCUT2D eigenvalue weighted by atomic mass is 10.1. The molecule has 0 saturated heterocycles. The summed E-state index contributed by atoms with van der Waals surface area (Å²) < 4.78 is 0. The van der Waals surface area contributed by atoms with Crippen molar-refractivity contribution in [1.82, 2.24) is 5.32 Å². The van der Waals surface area contributed by atoms with Crippen LogP contribution < -0.4 is 11.1 Å². The number of carbonyl (C=O) groups is 2. The fourth-order valence-electron chi connectivity index (χ4n) is 1.27. The zero-order chi connectivity index (χ0) is 12.7. The van der Waals surface area contributed by atoms with Crippen LogP contribution in [-0.2, 0) is 16.0 Å². The van der Waals surface area contributed by atoms with E-state index < -0.39 is 5.91 Å².